The molecule has 0 aromatic carbocycles. The lowest BCUT2D eigenvalue weighted by Gasteiger charge is -2.11. The summed E-state index contributed by atoms with van der Waals surface area (Å²) in [5, 5.41) is 8.94. The molecule has 0 spiro atoms. The van der Waals surface area contributed by atoms with Gasteiger partial charge >= 0.3 is 0 Å². The van der Waals surface area contributed by atoms with Crippen LogP contribution in [-0.4, -0.2) is 16.7 Å². The molecule has 15 heavy (non-hydrogen) atoms. The largest absolute Gasteiger partial charge is 0.477 e. The van der Waals surface area contributed by atoms with Gasteiger partial charge in [-0.1, -0.05) is 20.3 Å². The van der Waals surface area contributed by atoms with Crippen molar-refractivity contribution in [3.63, 3.8) is 0 Å². The van der Waals surface area contributed by atoms with Crippen LogP contribution in [0.3, 0.4) is 0 Å². The summed E-state index contributed by atoms with van der Waals surface area (Å²) >= 11 is 0. The van der Waals surface area contributed by atoms with Crippen LogP contribution in [0.5, 0.6) is 5.88 Å². The molecule has 0 saturated heterocycles. The summed E-state index contributed by atoms with van der Waals surface area (Å²) in [6, 6.07) is 3.56. The zero-order chi connectivity index (χ0) is 11.1. The summed E-state index contributed by atoms with van der Waals surface area (Å²) in [6.45, 7) is 5.06. The fourth-order valence-electron chi connectivity index (χ4n) is 1.43. The van der Waals surface area contributed by atoms with Gasteiger partial charge in [-0.25, -0.2) is 4.98 Å². The van der Waals surface area contributed by atoms with E-state index >= 15 is 0 Å². The average molecular weight is 209 g/mol. The minimum atomic E-state index is 0.0311. The van der Waals surface area contributed by atoms with E-state index in [1.807, 2.05) is 0 Å². The first kappa shape index (κ1) is 12.0. The Morgan fingerprint density at radius 1 is 1.53 bits per heavy atom. The number of ether oxygens (including phenoxy) is 1. The molecule has 0 saturated carbocycles. The number of pyridine rings is 1. The fourth-order valence-corrected chi connectivity index (χ4v) is 1.43. The van der Waals surface area contributed by atoms with Crippen LogP contribution in [0.15, 0.2) is 18.3 Å². The highest BCUT2D eigenvalue weighted by Crippen LogP contribution is 2.12. The van der Waals surface area contributed by atoms with Crippen LogP contribution in [0.2, 0.25) is 0 Å². The normalized spacial score (nSPS) is 12.5. The van der Waals surface area contributed by atoms with Gasteiger partial charge in [0.15, 0.2) is 0 Å². The second-order valence-electron chi connectivity index (χ2n) is 3.87. The molecule has 0 aliphatic carbocycles. The first-order valence-corrected chi connectivity index (χ1v) is 5.44. The maximum atomic E-state index is 8.94. The van der Waals surface area contributed by atoms with Gasteiger partial charge in [0.25, 0.3) is 0 Å². The Kier molecular flexibility index (Phi) is 5.12. The lowest BCUT2D eigenvalue weighted by molar-refractivity contribution is 0.241. The van der Waals surface area contributed by atoms with Gasteiger partial charge in [-0.2, -0.15) is 0 Å². The molecule has 0 aliphatic heterocycles. The minimum Gasteiger partial charge on any atom is -0.477 e. The van der Waals surface area contributed by atoms with E-state index in [4.69, 9.17) is 9.84 Å². The van der Waals surface area contributed by atoms with Crippen molar-refractivity contribution in [3.05, 3.63) is 23.9 Å². The van der Waals surface area contributed by atoms with E-state index in [1.54, 1.807) is 18.3 Å². The molecule has 1 atom stereocenters. The van der Waals surface area contributed by atoms with E-state index in [-0.39, 0.29) is 6.61 Å². The summed E-state index contributed by atoms with van der Waals surface area (Å²) in [5.74, 6) is 1.15. The van der Waals surface area contributed by atoms with Gasteiger partial charge in [-0.05, 0) is 24.0 Å². The van der Waals surface area contributed by atoms with E-state index < -0.39 is 0 Å². The Bertz CT molecular complexity index is 289. The topological polar surface area (TPSA) is 42.4 Å². The Balaban J connectivity index is 2.43. The maximum Gasteiger partial charge on any atom is 0.213 e. The number of aromatic nitrogens is 1. The first-order valence-electron chi connectivity index (χ1n) is 5.44. The van der Waals surface area contributed by atoms with Crippen LogP contribution in [0.25, 0.3) is 0 Å². The van der Waals surface area contributed by atoms with Gasteiger partial charge in [0.05, 0.1) is 13.2 Å². The average Bonchev–Trinajstić information content (AvgIpc) is 2.27. The van der Waals surface area contributed by atoms with E-state index in [0.717, 1.165) is 5.56 Å². The van der Waals surface area contributed by atoms with Gasteiger partial charge in [0, 0.05) is 12.3 Å². The summed E-state index contributed by atoms with van der Waals surface area (Å²) < 4.78 is 5.54. The van der Waals surface area contributed by atoms with E-state index in [2.05, 4.69) is 18.8 Å². The second-order valence-corrected chi connectivity index (χ2v) is 3.87. The Labute approximate surface area is 91.1 Å². The zero-order valence-corrected chi connectivity index (χ0v) is 9.44. The number of aliphatic hydroxyl groups is 1. The van der Waals surface area contributed by atoms with E-state index in [0.29, 0.717) is 18.4 Å². The van der Waals surface area contributed by atoms with Crippen LogP contribution in [-0.2, 0) is 6.61 Å². The van der Waals surface area contributed by atoms with Crippen molar-refractivity contribution in [2.45, 2.75) is 33.3 Å². The molecule has 0 aliphatic rings. The lowest BCUT2D eigenvalue weighted by Crippen LogP contribution is -2.09. The molecule has 1 heterocycles. The molecular weight excluding hydrogens is 190 g/mol. The molecule has 1 aromatic rings. The van der Waals surface area contributed by atoms with Gasteiger partial charge in [0.2, 0.25) is 5.88 Å². The molecule has 0 radical (unpaired) electrons. The van der Waals surface area contributed by atoms with Crippen LogP contribution < -0.4 is 4.74 Å². The third kappa shape index (κ3) is 4.30. The van der Waals surface area contributed by atoms with Crippen molar-refractivity contribution < 1.29 is 9.84 Å². The predicted octanol–water partition coefficient (Wildman–Crippen LogP) is 2.39. The Hall–Kier alpha value is -1.09. The van der Waals surface area contributed by atoms with Gasteiger partial charge in [0.1, 0.15) is 0 Å². The highest BCUT2D eigenvalue weighted by molar-refractivity contribution is 5.19. The smallest absolute Gasteiger partial charge is 0.213 e. The quantitative estimate of drug-likeness (QED) is 0.782. The molecule has 84 valence electrons. The van der Waals surface area contributed by atoms with Crippen molar-refractivity contribution in [1.82, 2.24) is 4.98 Å². The zero-order valence-electron chi connectivity index (χ0n) is 9.44. The summed E-state index contributed by atoms with van der Waals surface area (Å²) in [6.07, 6.45) is 4.00. The van der Waals surface area contributed by atoms with Crippen molar-refractivity contribution in [2.75, 3.05) is 6.61 Å². The summed E-state index contributed by atoms with van der Waals surface area (Å²) in [4.78, 5) is 4.09. The first-order chi connectivity index (χ1) is 7.26. The van der Waals surface area contributed by atoms with Gasteiger partial charge in [-0.15, -0.1) is 0 Å². The van der Waals surface area contributed by atoms with Crippen LogP contribution >= 0.6 is 0 Å². The number of hydrogen-bond acceptors (Lipinski definition) is 3. The van der Waals surface area contributed by atoms with E-state index in [1.165, 1.54) is 12.8 Å². The predicted molar refractivity (Wildman–Crippen MR) is 59.7 cm³/mol. The van der Waals surface area contributed by atoms with Crippen molar-refractivity contribution in [1.29, 1.82) is 0 Å². The van der Waals surface area contributed by atoms with Crippen LogP contribution in [0.4, 0.5) is 0 Å². The van der Waals surface area contributed by atoms with E-state index in [9.17, 15) is 0 Å². The number of hydrogen-bond donors (Lipinski definition) is 1. The van der Waals surface area contributed by atoms with Crippen molar-refractivity contribution in [3.8, 4) is 5.88 Å². The van der Waals surface area contributed by atoms with Crippen molar-refractivity contribution >= 4 is 0 Å². The fraction of sp³-hybridized carbons (Fsp3) is 0.583. The molecule has 0 fully saturated rings. The monoisotopic (exact) mass is 209 g/mol. The molecule has 3 nitrogen and oxygen atoms in total. The number of nitrogens with zero attached hydrogens (tertiary/aromatic N) is 1. The molecule has 1 N–H and O–H groups in total. The molecular formula is C12H19NO2. The summed E-state index contributed by atoms with van der Waals surface area (Å²) in [7, 11) is 0. The molecule has 1 rings (SSSR count). The lowest BCUT2D eigenvalue weighted by atomic mass is 10.1. The molecule has 1 unspecified atom stereocenters. The van der Waals surface area contributed by atoms with Crippen LogP contribution in [0.1, 0.15) is 32.3 Å². The number of aliphatic hydroxyl groups excluding tert-OH is 1. The van der Waals surface area contributed by atoms with Gasteiger partial charge < -0.3 is 9.84 Å². The second kappa shape index (κ2) is 6.40. The Morgan fingerprint density at radius 3 is 3.00 bits per heavy atom. The standard InChI is InChI=1S/C12H19NO2/c1-3-4-10(2)9-15-12-7-11(8-14)5-6-13-12/h5-7,10,14H,3-4,8-9H2,1-2H3. The highest BCUT2D eigenvalue weighted by atomic mass is 16.5. The molecule has 0 bridgehead atoms. The Morgan fingerprint density at radius 2 is 2.33 bits per heavy atom. The highest BCUT2D eigenvalue weighted by Gasteiger charge is 2.03. The third-order valence-electron chi connectivity index (χ3n) is 2.28. The van der Waals surface area contributed by atoms with Gasteiger partial charge in [-0.3, -0.25) is 0 Å². The number of rotatable bonds is 6. The third-order valence-corrected chi connectivity index (χ3v) is 2.28. The molecule has 0 amide bonds. The minimum absolute atomic E-state index is 0.0311. The summed E-state index contributed by atoms with van der Waals surface area (Å²) in [5.41, 5.74) is 0.836. The van der Waals surface area contributed by atoms with Crippen LogP contribution in [0, 0.1) is 5.92 Å². The van der Waals surface area contributed by atoms with Crippen molar-refractivity contribution in [2.24, 2.45) is 5.92 Å². The maximum absolute atomic E-state index is 8.94. The molecule has 3 heteroatoms. The molecule has 1 aromatic heterocycles. The SMILES string of the molecule is CCCC(C)COc1cc(CO)ccn1.